The van der Waals surface area contributed by atoms with Gasteiger partial charge in [-0.2, -0.15) is 48.3 Å². The van der Waals surface area contributed by atoms with Crippen molar-refractivity contribution in [1.82, 2.24) is 0 Å². The molecule has 0 aromatic rings. The molecule has 0 rings (SSSR count). The molecule has 0 radical (unpaired) electrons. The summed E-state index contributed by atoms with van der Waals surface area (Å²) in [6, 6.07) is 0. The summed E-state index contributed by atoms with van der Waals surface area (Å²) in [6.07, 6.45) is -25.2. The molecule has 0 bridgehead atoms. The monoisotopic (exact) mass is 394 g/mol. The van der Waals surface area contributed by atoms with Crippen LogP contribution in [0.15, 0.2) is 12.4 Å². The topological polar surface area (TPSA) is 18.5 Å². The van der Waals surface area contributed by atoms with Gasteiger partial charge in [0.2, 0.25) is 0 Å². The van der Waals surface area contributed by atoms with Gasteiger partial charge in [0, 0.05) is 0 Å². The highest BCUT2D eigenvalue weighted by molar-refractivity contribution is 4.96. The molecule has 0 aliphatic heterocycles. The van der Waals surface area contributed by atoms with Gasteiger partial charge in [0.25, 0.3) is 0 Å². The fraction of sp³-hybridized carbons (Fsp3) is 0.778. The van der Waals surface area contributed by atoms with Crippen molar-refractivity contribution in [2.45, 2.75) is 30.4 Å². The van der Waals surface area contributed by atoms with Crippen LogP contribution in [0, 0.1) is 0 Å². The zero-order valence-electron chi connectivity index (χ0n) is 11.1. The van der Waals surface area contributed by atoms with Crippen LogP contribution in [0.4, 0.5) is 57.1 Å². The third kappa shape index (κ3) is 6.33. The van der Waals surface area contributed by atoms with E-state index in [4.69, 9.17) is 0 Å². The Labute approximate surface area is 124 Å². The number of hydrogen-bond donors (Lipinski definition) is 0. The van der Waals surface area contributed by atoms with E-state index in [2.05, 4.69) is 4.74 Å². The standard InChI is InChI=1S/C8H4F12O2.CH3F/c1-3(9)5(13,14)22-6(15,7(16,17)18)8(19,20)21-2-4(10,11)12;1-2/h1-2H2;1H3. The molecule has 0 saturated heterocycles. The lowest BCUT2D eigenvalue weighted by Crippen LogP contribution is -2.61. The molecule has 1 atom stereocenters. The Morgan fingerprint density at radius 2 is 1.21 bits per heavy atom. The van der Waals surface area contributed by atoms with Gasteiger partial charge in [0.15, 0.2) is 5.83 Å². The molecule has 2 nitrogen and oxygen atoms in total. The fourth-order valence-corrected chi connectivity index (χ4v) is 0.780. The summed E-state index contributed by atoms with van der Waals surface area (Å²) < 4.78 is 161. The van der Waals surface area contributed by atoms with Gasteiger partial charge in [0.05, 0.1) is 7.18 Å². The van der Waals surface area contributed by atoms with Crippen LogP contribution in [0.3, 0.4) is 0 Å². The molecule has 0 amide bonds. The lowest BCUT2D eigenvalue weighted by Gasteiger charge is -2.35. The maximum absolute atomic E-state index is 13.2. The number of hydrogen-bond acceptors (Lipinski definition) is 2. The van der Waals surface area contributed by atoms with E-state index in [1.54, 1.807) is 6.58 Å². The summed E-state index contributed by atoms with van der Waals surface area (Å²) in [5.74, 6) is -9.89. The number of alkyl halides is 12. The van der Waals surface area contributed by atoms with Crippen LogP contribution in [0.1, 0.15) is 0 Å². The van der Waals surface area contributed by atoms with Crippen LogP contribution < -0.4 is 0 Å². The SMILES string of the molecule is C=C(F)C(F)(F)OC(F)(C(F)(F)F)C(F)(F)OCC(F)(F)F.CF. The lowest BCUT2D eigenvalue weighted by molar-refractivity contribution is -0.500. The molecule has 1 unspecified atom stereocenters. The Balaban J connectivity index is 0. The maximum Gasteiger partial charge on any atom is 0.458 e. The first-order valence-electron chi connectivity index (χ1n) is 5.00. The van der Waals surface area contributed by atoms with E-state index in [1.165, 1.54) is 0 Å². The first-order valence-corrected chi connectivity index (χ1v) is 5.00. The van der Waals surface area contributed by atoms with E-state index in [-0.39, 0.29) is 0 Å². The Morgan fingerprint density at radius 1 is 0.833 bits per heavy atom. The number of ether oxygens (including phenoxy) is 2. The highest BCUT2D eigenvalue weighted by atomic mass is 19.4. The summed E-state index contributed by atoms with van der Waals surface area (Å²) in [5.41, 5.74) is 0. The van der Waals surface area contributed by atoms with Gasteiger partial charge in [-0.3, -0.25) is 9.13 Å². The minimum absolute atomic E-state index is 0.500. The minimum Gasteiger partial charge on any atom is -0.306 e. The first kappa shape index (κ1) is 25.0. The van der Waals surface area contributed by atoms with Crippen molar-refractivity contribution in [3.8, 4) is 0 Å². The summed E-state index contributed by atoms with van der Waals surface area (Å²) in [7, 11) is 0.500. The molecule has 0 fully saturated rings. The smallest absolute Gasteiger partial charge is 0.306 e. The van der Waals surface area contributed by atoms with Crippen molar-refractivity contribution in [2.24, 2.45) is 0 Å². The van der Waals surface area contributed by atoms with E-state index >= 15 is 0 Å². The van der Waals surface area contributed by atoms with Gasteiger partial charge in [-0.15, -0.1) is 0 Å². The van der Waals surface area contributed by atoms with E-state index in [1.807, 2.05) is 4.74 Å². The van der Waals surface area contributed by atoms with Crippen LogP contribution in [0.2, 0.25) is 0 Å². The van der Waals surface area contributed by atoms with Gasteiger partial charge in [-0.25, -0.2) is 4.39 Å². The van der Waals surface area contributed by atoms with E-state index in [9.17, 15) is 57.1 Å². The molecule has 0 N–H and O–H groups in total. The molecule has 146 valence electrons. The average molecular weight is 394 g/mol. The van der Waals surface area contributed by atoms with Gasteiger partial charge in [0.1, 0.15) is 6.61 Å². The summed E-state index contributed by atoms with van der Waals surface area (Å²) in [6.45, 7) is -1.41. The molecular weight excluding hydrogens is 387 g/mol. The molecule has 0 heterocycles. The van der Waals surface area contributed by atoms with E-state index in [0.717, 1.165) is 0 Å². The third-order valence-corrected chi connectivity index (χ3v) is 1.74. The predicted molar refractivity (Wildman–Crippen MR) is 50.2 cm³/mol. The molecule has 0 saturated carbocycles. The molecule has 0 aliphatic rings. The van der Waals surface area contributed by atoms with Crippen molar-refractivity contribution in [3.63, 3.8) is 0 Å². The second-order valence-electron chi connectivity index (χ2n) is 3.54. The highest BCUT2D eigenvalue weighted by Crippen LogP contribution is 2.50. The predicted octanol–water partition coefficient (Wildman–Crippen LogP) is 5.06. The van der Waals surface area contributed by atoms with Crippen LogP contribution >= 0.6 is 0 Å². The Kier molecular flexibility index (Phi) is 8.08. The molecular formula is C9H7F13O2. The minimum atomic E-state index is -7.01. The van der Waals surface area contributed by atoms with Crippen molar-refractivity contribution >= 4 is 0 Å². The van der Waals surface area contributed by atoms with Crippen LogP contribution in [-0.4, -0.2) is 44.2 Å². The number of halogens is 13. The van der Waals surface area contributed by atoms with Crippen LogP contribution in [0.25, 0.3) is 0 Å². The van der Waals surface area contributed by atoms with E-state index < -0.39 is 42.9 Å². The second kappa shape index (κ2) is 7.76. The average Bonchev–Trinajstić information content (AvgIpc) is 2.36. The van der Waals surface area contributed by atoms with Crippen LogP contribution in [0.5, 0.6) is 0 Å². The second-order valence-corrected chi connectivity index (χ2v) is 3.54. The third-order valence-electron chi connectivity index (χ3n) is 1.74. The zero-order chi connectivity index (χ0) is 20.2. The molecule has 15 heteroatoms. The quantitative estimate of drug-likeness (QED) is 0.587. The first-order chi connectivity index (χ1) is 10.4. The largest absolute Gasteiger partial charge is 0.458 e. The van der Waals surface area contributed by atoms with Crippen LogP contribution in [-0.2, 0) is 9.47 Å². The van der Waals surface area contributed by atoms with Crippen molar-refractivity contribution in [3.05, 3.63) is 12.4 Å². The maximum atomic E-state index is 13.2. The summed E-state index contributed by atoms with van der Waals surface area (Å²) in [5, 5.41) is 0. The normalized spacial score (nSPS) is 16.1. The molecule has 24 heavy (non-hydrogen) atoms. The van der Waals surface area contributed by atoms with E-state index in [0.29, 0.717) is 7.18 Å². The molecule has 0 aromatic heterocycles. The molecule has 0 spiro atoms. The summed E-state index contributed by atoms with van der Waals surface area (Å²) in [4.78, 5) is 0. The fourth-order valence-electron chi connectivity index (χ4n) is 0.780. The molecule has 0 aromatic carbocycles. The van der Waals surface area contributed by atoms with Gasteiger partial charge >= 0.3 is 30.4 Å². The van der Waals surface area contributed by atoms with Gasteiger partial charge in [-0.05, 0) is 0 Å². The van der Waals surface area contributed by atoms with Gasteiger partial charge in [-0.1, -0.05) is 6.58 Å². The van der Waals surface area contributed by atoms with Crippen molar-refractivity contribution in [1.29, 1.82) is 0 Å². The van der Waals surface area contributed by atoms with Crippen molar-refractivity contribution < 1.29 is 66.5 Å². The lowest BCUT2D eigenvalue weighted by atomic mass is 10.2. The Morgan fingerprint density at radius 3 is 1.46 bits per heavy atom. The Bertz CT molecular complexity index is 413. The van der Waals surface area contributed by atoms with Gasteiger partial charge < -0.3 is 4.74 Å². The van der Waals surface area contributed by atoms with Crippen molar-refractivity contribution in [2.75, 3.05) is 13.8 Å². The Hall–Kier alpha value is -1.25. The zero-order valence-corrected chi connectivity index (χ0v) is 11.1. The number of rotatable bonds is 6. The molecule has 0 aliphatic carbocycles. The summed E-state index contributed by atoms with van der Waals surface area (Å²) >= 11 is 0. The highest BCUT2D eigenvalue weighted by Gasteiger charge is 2.77.